The molecule has 2 N–H and O–H groups in total. The molecule has 7 heteroatoms. The molecule has 0 saturated heterocycles. The Morgan fingerprint density at radius 2 is 1.58 bits per heavy atom. The number of ether oxygens (including phenoxy) is 4. The highest BCUT2D eigenvalue weighted by Crippen LogP contribution is 2.40. The molecule has 1 atom stereocenters. The number of carbonyl (C=O) groups excluding carboxylic acids is 1. The highest BCUT2D eigenvalue weighted by Gasteiger charge is 2.31. The molecule has 7 nitrogen and oxygen atoms in total. The van der Waals surface area contributed by atoms with Crippen LogP contribution in [0.1, 0.15) is 42.9 Å². The maximum Gasteiger partial charge on any atom is 0.314 e. The Balaban J connectivity index is 1.49. The zero-order valence-electron chi connectivity index (χ0n) is 21.7. The molecule has 1 aliphatic heterocycles. The molecule has 3 aromatic rings. The Labute approximate surface area is 223 Å². The Morgan fingerprint density at radius 3 is 2.21 bits per heavy atom. The number of hydrogen-bond donors (Lipinski definition) is 2. The van der Waals surface area contributed by atoms with Crippen molar-refractivity contribution < 1.29 is 28.8 Å². The number of nitrogens with one attached hydrogen (secondary N) is 1. The molecule has 0 amide bonds. The van der Waals surface area contributed by atoms with Crippen LogP contribution in [0.2, 0.25) is 0 Å². The van der Waals surface area contributed by atoms with Crippen LogP contribution >= 0.6 is 0 Å². The van der Waals surface area contributed by atoms with E-state index in [4.69, 9.17) is 18.9 Å². The third-order valence-corrected chi connectivity index (χ3v) is 6.67. The van der Waals surface area contributed by atoms with Crippen LogP contribution in [-0.2, 0) is 4.79 Å². The summed E-state index contributed by atoms with van der Waals surface area (Å²) in [4.78, 5) is 12.1. The summed E-state index contributed by atoms with van der Waals surface area (Å²) in [7, 11) is 1.79. The Kier molecular flexibility index (Phi) is 7.96. The molecule has 1 unspecified atom stereocenters. The summed E-state index contributed by atoms with van der Waals surface area (Å²) >= 11 is 0. The molecule has 1 aliphatic carbocycles. The van der Waals surface area contributed by atoms with E-state index in [1.807, 2.05) is 60.7 Å². The van der Waals surface area contributed by atoms with Gasteiger partial charge in [-0.15, -0.1) is 0 Å². The van der Waals surface area contributed by atoms with E-state index < -0.39 is 6.10 Å². The molecule has 0 aromatic heterocycles. The number of esters is 1. The van der Waals surface area contributed by atoms with Crippen LogP contribution in [0.5, 0.6) is 23.0 Å². The molecule has 1 heterocycles. The standard InChI is InChI=1S/C31H33NO6/c1-3-27(23-10-15-28-29(16-23)37-19-36-28)30(20-6-11-25(12-7-20)35-18-24(33)17-32-2)21-8-13-26(14-9-21)38-31(34)22-4-5-22/h6-16,22,24,32-33H,3-5,17-19H2,1-2H3/b30-27+. The van der Waals surface area contributed by atoms with E-state index in [-0.39, 0.29) is 25.3 Å². The van der Waals surface area contributed by atoms with Crippen molar-refractivity contribution in [2.45, 2.75) is 32.3 Å². The summed E-state index contributed by atoms with van der Waals surface area (Å²) in [6.07, 6.45) is 2.02. The van der Waals surface area contributed by atoms with Crippen LogP contribution < -0.4 is 24.3 Å². The fraction of sp³-hybridized carbons (Fsp3) is 0.323. The maximum atomic E-state index is 12.1. The van der Waals surface area contributed by atoms with Crippen molar-refractivity contribution in [3.05, 3.63) is 83.4 Å². The minimum absolute atomic E-state index is 0.0444. The largest absolute Gasteiger partial charge is 0.491 e. The molecule has 38 heavy (non-hydrogen) atoms. The molecule has 1 saturated carbocycles. The molecule has 198 valence electrons. The molecule has 0 radical (unpaired) electrons. The Hall–Kier alpha value is -3.81. The van der Waals surface area contributed by atoms with Gasteiger partial charge in [-0.2, -0.15) is 0 Å². The Bertz CT molecular complexity index is 1290. The summed E-state index contributed by atoms with van der Waals surface area (Å²) in [5, 5.41) is 12.9. The summed E-state index contributed by atoms with van der Waals surface area (Å²) in [5.41, 5.74) is 5.28. The molecular weight excluding hydrogens is 482 g/mol. The van der Waals surface area contributed by atoms with Gasteiger partial charge in [0.25, 0.3) is 0 Å². The van der Waals surface area contributed by atoms with E-state index in [2.05, 4.69) is 18.3 Å². The number of likely N-dealkylation sites (N-methyl/N-ethyl adjacent to an activating group) is 1. The first kappa shape index (κ1) is 25.8. The first-order valence-corrected chi connectivity index (χ1v) is 13.1. The van der Waals surface area contributed by atoms with E-state index in [0.717, 1.165) is 58.6 Å². The second-order valence-electron chi connectivity index (χ2n) is 9.54. The summed E-state index contributed by atoms with van der Waals surface area (Å²) in [6, 6.07) is 21.6. The molecule has 0 bridgehead atoms. The molecule has 5 rings (SSSR count). The van der Waals surface area contributed by atoms with E-state index in [1.54, 1.807) is 7.05 Å². The third kappa shape index (κ3) is 6.01. The second-order valence-corrected chi connectivity index (χ2v) is 9.54. The van der Waals surface area contributed by atoms with Gasteiger partial charge >= 0.3 is 5.97 Å². The summed E-state index contributed by atoms with van der Waals surface area (Å²) in [5.74, 6) is 2.61. The van der Waals surface area contributed by atoms with E-state index in [1.165, 1.54) is 0 Å². The second kappa shape index (κ2) is 11.7. The average Bonchev–Trinajstić information content (AvgIpc) is 3.69. The van der Waals surface area contributed by atoms with Crippen molar-refractivity contribution in [3.63, 3.8) is 0 Å². The van der Waals surface area contributed by atoms with Crippen molar-refractivity contribution in [1.29, 1.82) is 0 Å². The van der Waals surface area contributed by atoms with Crippen LogP contribution in [0.4, 0.5) is 0 Å². The summed E-state index contributed by atoms with van der Waals surface area (Å²) < 4.78 is 22.5. The van der Waals surface area contributed by atoms with Crippen LogP contribution in [-0.4, -0.2) is 44.2 Å². The third-order valence-electron chi connectivity index (χ3n) is 6.67. The van der Waals surface area contributed by atoms with Gasteiger partial charge in [-0.3, -0.25) is 4.79 Å². The predicted molar refractivity (Wildman–Crippen MR) is 145 cm³/mol. The maximum absolute atomic E-state index is 12.1. The smallest absolute Gasteiger partial charge is 0.314 e. The number of hydrogen-bond acceptors (Lipinski definition) is 7. The van der Waals surface area contributed by atoms with Crippen molar-refractivity contribution in [1.82, 2.24) is 5.32 Å². The number of aliphatic hydroxyl groups is 1. The average molecular weight is 516 g/mol. The quantitative estimate of drug-likeness (QED) is 0.210. The zero-order valence-corrected chi connectivity index (χ0v) is 21.7. The lowest BCUT2D eigenvalue weighted by Gasteiger charge is -2.18. The van der Waals surface area contributed by atoms with Gasteiger partial charge in [0.2, 0.25) is 6.79 Å². The highest BCUT2D eigenvalue weighted by molar-refractivity contribution is 5.99. The van der Waals surface area contributed by atoms with Gasteiger partial charge in [0.05, 0.1) is 5.92 Å². The van der Waals surface area contributed by atoms with E-state index >= 15 is 0 Å². The SMILES string of the molecule is CC/C(=C(/c1ccc(OCC(O)CNC)cc1)c1ccc(OC(=O)C2CC2)cc1)c1ccc2c(c1)OCO2. The number of allylic oxidation sites excluding steroid dienone is 1. The van der Waals surface area contributed by atoms with Gasteiger partial charge < -0.3 is 29.4 Å². The number of benzene rings is 3. The molecular formula is C31H33NO6. The first-order valence-electron chi connectivity index (χ1n) is 13.1. The monoisotopic (exact) mass is 515 g/mol. The molecule has 2 aliphatic rings. The number of aliphatic hydroxyl groups excluding tert-OH is 1. The van der Waals surface area contributed by atoms with Gasteiger partial charge in [-0.05, 0) is 90.5 Å². The van der Waals surface area contributed by atoms with Crippen molar-refractivity contribution in [2.75, 3.05) is 27.0 Å². The topological polar surface area (TPSA) is 86.2 Å². The minimum atomic E-state index is -0.583. The zero-order chi connectivity index (χ0) is 26.5. The van der Waals surface area contributed by atoms with Gasteiger partial charge in [0.15, 0.2) is 11.5 Å². The lowest BCUT2D eigenvalue weighted by atomic mass is 9.88. The van der Waals surface area contributed by atoms with E-state index in [9.17, 15) is 9.90 Å². The molecule has 1 fully saturated rings. The predicted octanol–water partition coefficient (Wildman–Crippen LogP) is 5.06. The Morgan fingerprint density at radius 1 is 0.947 bits per heavy atom. The van der Waals surface area contributed by atoms with Crippen LogP contribution in [0.3, 0.4) is 0 Å². The normalized spacial score (nSPS) is 15.6. The summed E-state index contributed by atoms with van der Waals surface area (Å²) in [6.45, 7) is 3.03. The van der Waals surface area contributed by atoms with Gasteiger partial charge in [-0.1, -0.05) is 37.3 Å². The van der Waals surface area contributed by atoms with Crippen LogP contribution in [0, 0.1) is 5.92 Å². The van der Waals surface area contributed by atoms with Crippen molar-refractivity contribution in [2.24, 2.45) is 5.92 Å². The number of rotatable bonds is 11. The highest BCUT2D eigenvalue weighted by atomic mass is 16.7. The minimum Gasteiger partial charge on any atom is -0.491 e. The first-order chi connectivity index (χ1) is 18.6. The number of fused-ring (bicyclic) bond motifs is 1. The fourth-order valence-electron chi connectivity index (χ4n) is 4.54. The number of carbonyl (C=O) groups is 1. The van der Waals surface area contributed by atoms with Gasteiger partial charge in [0, 0.05) is 6.54 Å². The lowest BCUT2D eigenvalue weighted by Crippen LogP contribution is -2.29. The van der Waals surface area contributed by atoms with E-state index in [0.29, 0.717) is 18.0 Å². The van der Waals surface area contributed by atoms with Gasteiger partial charge in [0.1, 0.15) is 24.2 Å². The van der Waals surface area contributed by atoms with Crippen LogP contribution in [0.15, 0.2) is 66.7 Å². The van der Waals surface area contributed by atoms with Crippen molar-refractivity contribution >= 4 is 17.1 Å². The van der Waals surface area contributed by atoms with Crippen LogP contribution in [0.25, 0.3) is 11.1 Å². The molecule has 3 aromatic carbocycles. The van der Waals surface area contributed by atoms with Gasteiger partial charge in [-0.25, -0.2) is 0 Å². The van der Waals surface area contributed by atoms with Crippen molar-refractivity contribution in [3.8, 4) is 23.0 Å². The fourth-order valence-corrected chi connectivity index (χ4v) is 4.54. The lowest BCUT2D eigenvalue weighted by molar-refractivity contribution is -0.135. The molecule has 0 spiro atoms.